The molecular weight excluding hydrogens is 324 g/mol. The zero-order valence-electron chi connectivity index (χ0n) is 14.2. The van der Waals surface area contributed by atoms with E-state index in [2.05, 4.69) is 19.9 Å². The summed E-state index contributed by atoms with van der Waals surface area (Å²) in [6, 6.07) is 7.78. The molecule has 1 aliphatic heterocycles. The van der Waals surface area contributed by atoms with Gasteiger partial charge in [0.15, 0.2) is 0 Å². The van der Waals surface area contributed by atoms with Crippen LogP contribution in [0.15, 0.2) is 30.5 Å². The van der Waals surface area contributed by atoms with E-state index in [0.29, 0.717) is 44.1 Å². The molecule has 9 heteroatoms. The van der Waals surface area contributed by atoms with Crippen molar-refractivity contribution < 1.29 is 19.2 Å². The number of H-pyrrole nitrogens is 1. The third-order valence-electron chi connectivity index (χ3n) is 3.64. The Labute approximate surface area is 146 Å². The lowest BCUT2D eigenvalue weighted by Gasteiger charge is -2.24. The van der Waals surface area contributed by atoms with E-state index < -0.39 is 0 Å². The highest BCUT2D eigenvalue weighted by Gasteiger charge is 2.21. The zero-order chi connectivity index (χ0) is 17.5. The van der Waals surface area contributed by atoms with Crippen molar-refractivity contribution in [3.05, 3.63) is 30.5 Å². The Hall–Kier alpha value is -2.65. The van der Waals surface area contributed by atoms with Crippen LogP contribution in [0.3, 0.4) is 0 Å². The van der Waals surface area contributed by atoms with Crippen LogP contribution in [0.4, 0.5) is 11.6 Å². The number of anilines is 2. The van der Waals surface area contributed by atoms with Crippen LogP contribution in [-0.4, -0.2) is 56.5 Å². The van der Waals surface area contributed by atoms with Gasteiger partial charge in [-0.05, 0) is 11.1 Å². The van der Waals surface area contributed by atoms with Crippen molar-refractivity contribution in [2.45, 2.75) is 0 Å². The van der Waals surface area contributed by atoms with Gasteiger partial charge in [0.05, 0.1) is 32.4 Å². The fourth-order valence-electron chi connectivity index (χ4n) is 2.37. The van der Waals surface area contributed by atoms with Crippen LogP contribution in [-0.2, 0) is 4.74 Å². The van der Waals surface area contributed by atoms with Gasteiger partial charge in [0.25, 0.3) is 0 Å². The molecule has 0 amide bonds. The van der Waals surface area contributed by atoms with Crippen molar-refractivity contribution in [2.24, 2.45) is 5.84 Å². The van der Waals surface area contributed by atoms with Gasteiger partial charge in [-0.2, -0.15) is 0 Å². The number of nitrogens with two attached hydrogens (primary N) is 1. The molecule has 2 aromatic rings. The molecule has 134 valence electrons. The van der Waals surface area contributed by atoms with Crippen molar-refractivity contribution >= 4 is 11.6 Å². The Morgan fingerprint density at radius 2 is 2.08 bits per heavy atom. The van der Waals surface area contributed by atoms with Gasteiger partial charge in [0.2, 0.25) is 17.5 Å². The van der Waals surface area contributed by atoms with Gasteiger partial charge in [0, 0.05) is 19.3 Å². The lowest BCUT2D eigenvalue weighted by molar-refractivity contribution is -0.387. The molecule has 1 saturated heterocycles. The number of hydrazine groups is 1. The summed E-state index contributed by atoms with van der Waals surface area (Å²) in [6.07, 6.45) is 1.68. The number of nitrogens with zero attached hydrogens (tertiary/aromatic N) is 4. The van der Waals surface area contributed by atoms with E-state index in [-0.39, 0.29) is 0 Å². The molecule has 3 rings (SSSR count). The maximum atomic E-state index is 5.84. The molecule has 3 N–H and O–H groups in total. The molecule has 0 aromatic carbocycles. The molecule has 0 bridgehead atoms. The number of hydrogen-bond donors (Lipinski definition) is 1. The number of ether oxygens (including phenoxy) is 3. The van der Waals surface area contributed by atoms with Gasteiger partial charge in [-0.15, -0.1) is 0 Å². The van der Waals surface area contributed by atoms with Gasteiger partial charge in [-0.1, -0.05) is 6.07 Å². The molecule has 0 spiro atoms. The van der Waals surface area contributed by atoms with Crippen LogP contribution in [0.25, 0.3) is 0 Å². The van der Waals surface area contributed by atoms with Crippen LogP contribution in [0.2, 0.25) is 0 Å². The Bertz CT molecular complexity index is 664. The van der Waals surface area contributed by atoms with Crippen molar-refractivity contribution in [3.63, 3.8) is 0 Å². The van der Waals surface area contributed by atoms with Crippen LogP contribution in [0.1, 0.15) is 0 Å². The lowest BCUT2D eigenvalue weighted by atomic mass is 10.4. The summed E-state index contributed by atoms with van der Waals surface area (Å²) in [6.45, 7) is 3.69. The quantitative estimate of drug-likeness (QED) is 0.421. The summed E-state index contributed by atoms with van der Waals surface area (Å²) in [7, 11) is 1.74. The van der Waals surface area contributed by atoms with E-state index in [1.807, 2.05) is 18.2 Å². The summed E-state index contributed by atoms with van der Waals surface area (Å²) in [4.78, 5) is 13.8. The van der Waals surface area contributed by atoms with Gasteiger partial charge in [0.1, 0.15) is 13.2 Å². The number of morpholine rings is 1. The minimum absolute atomic E-state index is 0.334. The lowest BCUT2D eigenvalue weighted by Crippen LogP contribution is -2.40. The summed E-state index contributed by atoms with van der Waals surface area (Å²) in [5, 5.41) is 1.45. The van der Waals surface area contributed by atoms with Crippen molar-refractivity contribution in [1.29, 1.82) is 0 Å². The normalized spacial score (nSPS) is 14.2. The first-order valence-electron chi connectivity index (χ1n) is 8.14. The number of hydrogen-bond acceptors (Lipinski definition) is 8. The molecule has 0 unspecified atom stereocenters. The first kappa shape index (κ1) is 17.2. The molecule has 0 saturated carbocycles. The minimum atomic E-state index is 0.334. The van der Waals surface area contributed by atoms with E-state index in [4.69, 9.17) is 20.1 Å². The Morgan fingerprint density at radius 1 is 1.28 bits per heavy atom. The predicted molar refractivity (Wildman–Crippen MR) is 91.6 cm³/mol. The average Bonchev–Trinajstić information content (AvgIpc) is 2.66. The summed E-state index contributed by atoms with van der Waals surface area (Å²) in [5.41, 5.74) is 0. The highest BCUT2D eigenvalue weighted by molar-refractivity contribution is 5.46. The number of nitrogens with one attached hydrogen (secondary N) is 1. The third kappa shape index (κ3) is 4.91. The SMILES string of the molecule is CN(N)c1cc(N2CCOCC2)[nH+]c(OCCOc2ccccn2)n1. The second-order valence-electron chi connectivity index (χ2n) is 5.50. The van der Waals surface area contributed by atoms with E-state index in [1.165, 1.54) is 5.01 Å². The third-order valence-corrected chi connectivity index (χ3v) is 3.64. The molecule has 0 aliphatic carbocycles. The van der Waals surface area contributed by atoms with Gasteiger partial charge in [-0.3, -0.25) is 9.91 Å². The highest BCUT2D eigenvalue weighted by atomic mass is 16.5. The summed E-state index contributed by atoms with van der Waals surface area (Å²) >= 11 is 0. The molecule has 3 heterocycles. The first-order chi connectivity index (χ1) is 12.2. The summed E-state index contributed by atoms with van der Waals surface area (Å²) < 4.78 is 16.6. The maximum absolute atomic E-state index is 5.84. The molecule has 2 aromatic heterocycles. The largest absolute Gasteiger partial charge is 0.474 e. The van der Waals surface area contributed by atoms with Crippen LogP contribution < -0.4 is 30.2 Å². The molecular formula is C16H23N6O3+. The van der Waals surface area contributed by atoms with Crippen LogP contribution in [0, 0.1) is 0 Å². The second kappa shape index (κ2) is 8.45. The highest BCUT2D eigenvalue weighted by Crippen LogP contribution is 2.17. The van der Waals surface area contributed by atoms with E-state index >= 15 is 0 Å². The monoisotopic (exact) mass is 347 g/mol. The van der Waals surface area contributed by atoms with Gasteiger partial charge < -0.3 is 14.2 Å². The first-order valence-corrected chi connectivity index (χ1v) is 8.14. The molecule has 1 fully saturated rings. The zero-order valence-corrected chi connectivity index (χ0v) is 14.2. The number of aromatic amines is 1. The number of aromatic nitrogens is 3. The smallest absolute Gasteiger partial charge is 0.433 e. The van der Waals surface area contributed by atoms with Crippen LogP contribution >= 0.6 is 0 Å². The molecule has 0 radical (unpaired) electrons. The fraction of sp³-hybridized carbons (Fsp3) is 0.438. The second-order valence-corrected chi connectivity index (χ2v) is 5.50. The predicted octanol–water partition coefficient (Wildman–Crippen LogP) is -0.105. The fourth-order valence-corrected chi connectivity index (χ4v) is 2.37. The molecule has 25 heavy (non-hydrogen) atoms. The van der Waals surface area contributed by atoms with Crippen molar-refractivity contribution in [1.82, 2.24) is 9.97 Å². The van der Waals surface area contributed by atoms with Crippen molar-refractivity contribution in [2.75, 3.05) is 56.5 Å². The summed E-state index contributed by atoms with van der Waals surface area (Å²) in [5.74, 6) is 7.91. The maximum Gasteiger partial charge on any atom is 0.433 e. The van der Waals surface area contributed by atoms with Crippen LogP contribution in [0.5, 0.6) is 11.9 Å². The van der Waals surface area contributed by atoms with Gasteiger partial charge >= 0.3 is 6.01 Å². The van der Waals surface area contributed by atoms with Gasteiger partial charge in [-0.25, -0.2) is 15.8 Å². The molecule has 9 nitrogen and oxygen atoms in total. The van der Waals surface area contributed by atoms with E-state index in [9.17, 15) is 0 Å². The van der Waals surface area contributed by atoms with E-state index in [1.54, 1.807) is 19.3 Å². The van der Waals surface area contributed by atoms with Crippen molar-refractivity contribution in [3.8, 4) is 11.9 Å². The molecule has 0 atom stereocenters. The Balaban J connectivity index is 1.62. The minimum Gasteiger partial charge on any atom is -0.474 e. The molecule has 1 aliphatic rings. The average molecular weight is 347 g/mol. The Kier molecular flexibility index (Phi) is 5.81. The number of pyridine rings is 1. The Morgan fingerprint density at radius 3 is 2.80 bits per heavy atom. The standard InChI is InChI=1S/C16H22N6O3/c1-21(17)13-12-14(22-6-8-23-9-7-22)20-16(19-13)25-11-10-24-15-4-2-3-5-18-15/h2-5,12H,6-11,17H2,1H3/p+1. The number of rotatable bonds is 7. The van der Waals surface area contributed by atoms with E-state index in [0.717, 1.165) is 18.9 Å². The topological polar surface area (TPSA) is 100 Å².